The molecule has 4 nitrogen and oxygen atoms in total. The number of nitrogens with zero attached hydrogens (tertiary/aromatic N) is 1. The molecular weight excluding hydrogens is 323 g/mol. The number of carbonyl (C=O) groups excluding carboxylic acids is 2. The van der Waals surface area contributed by atoms with Crippen molar-refractivity contribution in [3.8, 4) is 0 Å². The van der Waals surface area contributed by atoms with E-state index in [4.69, 9.17) is 23.2 Å². The summed E-state index contributed by atoms with van der Waals surface area (Å²) in [6.45, 7) is 0.292. The first-order chi connectivity index (χ1) is 10.6. The Bertz CT molecular complexity index is 762. The molecule has 1 heterocycles. The SMILES string of the molecule is O=C1CCN(C(=O)c2ccc(Cl)cc2Cl)c2ccccc2N1. The summed E-state index contributed by atoms with van der Waals surface area (Å²) in [5.41, 5.74) is 1.63. The van der Waals surface area contributed by atoms with Gasteiger partial charge in [0.25, 0.3) is 5.91 Å². The van der Waals surface area contributed by atoms with Crippen LogP contribution in [-0.2, 0) is 4.79 Å². The molecule has 2 amide bonds. The minimum absolute atomic E-state index is 0.120. The van der Waals surface area contributed by atoms with E-state index in [1.165, 1.54) is 6.07 Å². The van der Waals surface area contributed by atoms with Crippen molar-refractivity contribution in [2.24, 2.45) is 0 Å². The van der Waals surface area contributed by atoms with E-state index in [1.54, 1.807) is 29.2 Å². The Balaban J connectivity index is 2.03. The molecule has 112 valence electrons. The second-order valence-electron chi connectivity index (χ2n) is 4.90. The Hall–Kier alpha value is -2.04. The van der Waals surface area contributed by atoms with Crippen LogP contribution >= 0.6 is 23.2 Å². The second-order valence-corrected chi connectivity index (χ2v) is 5.74. The number of para-hydroxylation sites is 2. The van der Waals surface area contributed by atoms with Crippen LogP contribution in [0, 0.1) is 0 Å². The zero-order valence-electron chi connectivity index (χ0n) is 11.5. The number of benzene rings is 2. The summed E-state index contributed by atoms with van der Waals surface area (Å²) >= 11 is 12.0. The molecule has 0 fully saturated rings. The first-order valence-electron chi connectivity index (χ1n) is 6.72. The van der Waals surface area contributed by atoms with Crippen LogP contribution in [0.1, 0.15) is 16.8 Å². The van der Waals surface area contributed by atoms with Gasteiger partial charge in [-0.15, -0.1) is 0 Å². The standard InChI is InChI=1S/C16H12Cl2N2O2/c17-10-5-6-11(12(18)9-10)16(22)20-8-7-15(21)19-13-3-1-2-4-14(13)20/h1-6,9H,7-8H2,(H,19,21). The molecule has 0 unspecified atom stereocenters. The third-order valence-electron chi connectivity index (χ3n) is 3.44. The molecule has 1 aliphatic heterocycles. The molecule has 3 rings (SSSR count). The largest absolute Gasteiger partial charge is 0.324 e. The van der Waals surface area contributed by atoms with Crippen LogP contribution in [0.25, 0.3) is 0 Å². The highest BCUT2D eigenvalue weighted by Crippen LogP contribution is 2.31. The van der Waals surface area contributed by atoms with Crippen LogP contribution in [0.5, 0.6) is 0 Å². The molecule has 2 aromatic carbocycles. The minimum Gasteiger partial charge on any atom is -0.324 e. The molecule has 2 aromatic rings. The van der Waals surface area contributed by atoms with Crippen molar-refractivity contribution >= 4 is 46.4 Å². The van der Waals surface area contributed by atoms with E-state index in [9.17, 15) is 9.59 Å². The molecule has 6 heteroatoms. The van der Waals surface area contributed by atoms with Gasteiger partial charge in [0.15, 0.2) is 0 Å². The molecule has 0 saturated heterocycles. The Kier molecular flexibility index (Phi) is 4.05. The number of amides is 2. The number of nitrogens with one attached hydrogen (secondary N) is 1. The zero-order chi connectivity index (χ0) is 15.7. The van der Waals surface area contributed by atoms with Gasteiger partial charge in [0.05, 0.1) is 22.0 Å². The topological polar surface area (TPSA) is 49.4 Å². The number of anilines is 2. The van der Waals surface area contributed by atoms with Gasteiger partial charge in [0, 0.05) is 18.0 Å². The third-order valence-corrected chi connectivity index (χ3v) is 3.99. The van der Waals surface area contributed by atoms with Gasteiger partial charge in [-0.3, -0.25) is 9.59 Å². The van der Waals surface area contributed by atoms with Crippen molar-refractivity contribution in [1.82, 2.24) is 0 Å². The highest BCUT2D eigenvalue weighted by Gasteiger charge is 2.25. The summed E-state index contributed by atoms with van der Waals surface area (Å²) < 4.78 is 0. The first kappa shape index (κ1) is 14.9. The lowest BCUT2D eigenvalue weighted by atomic mass is 10.1. The van der Waals surface area contributed by atoms with Gasteiger partial charge in [0.2, 0.25) is 5.91 Å². The molecule has 0 saturated carbocycles. The van der Waals surface area contributed by atoms with Crippen LogP contribution in [0.4, 0.5) is 11.4 Å². The van der Waals surface area contributed by atoms with Crippen molar-refractivity contribution in [1.29, 1.82) is 0 Å². The Labute approximate surface area is 137 Å². The summed E-state index contributed by atoms with van der Waals surface area (Å²) in [6.07, 6.45) is 0.228. The summed E-state index contributed by atoms with van der Waals surface area (Å²) in [5, 5.41) is 3.55. The fraction of sp³-hybridized carbons (Fsp3) is 0.125. The van der Waals surface area contributed by atoms with Gasteiger partial charge in [0.1, 0.15) is 0 Å². The number of carbonyl (C=O) groups is 2. The van der Waals surface area contributed by atoms with E-state index in [2.05, 4.69) is 5.32 Å². The van der Waals surface area contributed by atoms with Crippen molar-refractivity contribution < 1.29 is 9.59 Å². The lowest BCUT2D eigenvalue weighted by Crippen LogP contribution is -2.32. The van der Waals surface area contributed by atoms with Crippen molar-refractivity contribution in [2.75, 3.05) is 16.8 Å². The maximum atomic E-state index is 12.8. The quantitative estimate of drug-likeness (QED) is 0.857. The van der Waals surface area contributed by atoms with E-state index < -0.39 is 0 Å². The van der Waals surface area contributed by atoms with Gasteiger partial charge < -0.3 is 10.2 Å². The molecule has 1 aliphatic rings. The average Bonchev–Trinajstić information content (AvgIpc) is 2.65. The summed E-state index contributed by atoms with van der Waals surface area (Å²) in [7, 11) is 0. The van der Waals surface area contributed by atoms with Crippen molar-refractivity contribution in [3.63, 3.8) is 0 Å². The number of halogens is 2. The van der Waals surface area contributed by atoms with Gasteiger partial charge in [-0.1, -0.05) is 35.3 Å². The normalized spacial score (nSPS) is 14.1. The first-order valence-corrected chi connectivity index (χ1v) is 7.47. The molecule has 0 bridgehead atoms. The molecule has 1 N–H and O–H groups in total. The molecule has 0 atom stereocenters. The van der Waals surface area contributed by atoms with Crippen molar-refractivity contribution in [2.45, 2.75) is 6.42 Å². The fourth-order valence-electron chi connectivity index (χ4n) is 2.38. The highest BCUT2D eigenvalue weighted by atomic mass is 35.5. The highest BCUT2D eigenvalue weighted by molar-refractivity contribution is 6.37. The van der Waals surface area contributed by atoms with E-state index in [0.29, 0.717) is 33.5 Å². The Morgan fingerprint density at radius 3 is 2.68 bits per heavy atom. The molecular formula is C16H12Cl2N2O2. The van der Waals surface area contributed by atoms with Crippen LogP contribution in [0.3, 0.4) is 0 Å². The van der Waals surface area contributed by atoms with E-state index in [1.807, 2.05) is 12.1 Å². The zero-order valence-corrected chi connectivity index (χ0v) is 13.0. The van der Waals surface area contributed by atoms with Crippen molar-refractivity contribution in [3.05, 3.63) is 58.1 Å². The lowest BCUT2D eigenvalue weighted by molar-refractivity contribution is -0.115. The third kappa shape index (κ3) is 2.80. The number of fused-ring (bicyclic) bond motifs is 1. The maximum Gasteiger partial charge on any atom is 0.259 e. The van der Waals surface area contributed by atoms with Gasteiger partial charge in [-0.25, -0.2) is 0 Å². The van der Waals surface area contributed by atoms with Gasteiger partial charge >= 0.3 is 0 Å². The summed E-state index contributed by atoms with van der Waals surface area (Å²) in [5.74, 6) is -0.379. The number of rotatable bonds is 1. The van der Waals surface area contributed by atoms with E-state index in [0.717, 1.165) is 0 Å². The Morgan fingerprint density at radius 1 is 1.14 bits per heavy atom. The van der Waals surface area contributed by atoms with E-state index >= 15 is 0 Å². The predicted octanol–water partition coefficient (Wildman–Crippen LogP) is 3.98. The van der Waals surface area contributed by atoms with Crippen LogP contribution in [0.2, 0.25) is 10.0 Å². The van der Waals surface area contributed by atoms with Crippen LogP contribution in [0.15, 0.2) is 42.5 Å². The number of hydrogen-bond acceptors (Lipinski definition) is 2. The predicted molar refractivity (Wildman–Crippen MR) is 87.8 cm³/mol. The second kappa shape index (κ2) is 5.99. The van der Waals surface area contributed by atoms with Gasteiger partial charge in [-0.2, -0.15) is 0 Å². The average molecular weight is 335 g/mol. The summed E-state index contributed by atoms with van der Waals surface area (Å²) in [4.78, 5) is 26.1. The number of hydrogen-bond donors (Lipinski definition) is 1. The molecule has 0 radical (unpaired) electrons. The Morgan fingerprint density at radius 2 is 1.91 bits per heavy atom. The maximum absolute atomic E-state index is 12.8. The molecule has 0 aromatic heterocycles. The minimum atomic E-state index is -0.259. The smallest absolute Gasteiger partial charge is 0.259 e. The van der Waals surface area contributed by atoms with Crippen LogP contribution in [-0.4, -0.2) is 18.4 Å². The molecule has 0 aliphatic carbocycles. The van der Waals surface area contributed by atoms with E-state index in [-0.39, 0.29) is 18.2 Å². The molecule has 22 heavy (non-hydrogen) atoms. The summed E-state index contributed by atoms with van der Waals surface area (Å²) in [6, 6.07) is 11.9. The molecule has 0 spiro atoms. The fourth-order valence-corrected chi connectivity index (χ4v) is 2.87. The van der Waals surface area contributed by atoms with Gasteiger partial charge in [-0.05, 0) is 30.3 Å². The van der Waals surface area contributed by atoms with Crippen LogP contribution < -0.4 is 10.2 Å². The lowest BCUT2D eigenvalue weighted by Gasteiger charge is -2.22. The monoisotopic (exact) mass is 334 g/mol.